The zero-order chi connectivity index (χ0) is 18.4. The molecule has 0 spiro atoms. The molecule has 6 heteroatoms. The van der Waals surface area contributed by atoms with Crippen molar-refractivity contribution in [1.82, 2.24) is 10.3 Å². The van der Waals surface area contributed by atoms with Crippen molar-refractivity contribution in [2.24, 2.45) is 11.7 Å². The molecule has 2 amide bonds. The first-order valence-corrected chi connectivity index (χ1v) is 8.15. The van der Waals surface area contributed by atoms with E-state index in [2.05, 4.69) is 10.3 Å². The number of halogens is 1. The summed E-state index contributed by atoms with van der Waals surface area (Å²) in [7, 11) is 0. The number of benzene rings is 1. The molecule has 1 heterocycles. The van der Waals surface area contributed by atoms with Gasteiger partial charge in [-0.3, -0.25) is 9.59 Å². The summed E-state index contributed by atoms with van der Waals surface area (Å²) in [6.07, 6.45) is 0.947. The quantitative estimate of drug-likeness (QED) is 0.810. The van der Waals surface area contributed by atoms with Crippen LogP contribution in [0.2, 0.25) is 0 Å². The highest BCUT2D eigenvalue weighted by atomic mass is 19.1. The van der Waals surface area contributed by atoms with Crippen molar-refractivity contribution < 1.29 is 14.0 Å². The number of amides is 2. The predicted octanol–water partition coefficient (Wildman–Crippen LogP) is 2.44. The smallest absolute Gasteiger partial charge is 0.270 e. The molecule has 0 aliphatic heterocycles. The van der Waals surface area contributed by atoms with E-state index in [9.17, 15) is 14.0 Å². The van der Waals surface area contributed by atoms with Gasteiger partial charge in [-0.2, -0.15) is 0 Å². The number of carbonyl (C=O) groups is 2. The maximum Gasteiger partial charge on any atom is 0.270 e. The van der Waals surface area contributed by atoms with Crippen LogP contribution in [0.15, 0.2) is 42.5 Å². The molecule has 2 aromatic rings. The Hall–Kier alpha value is -2.76. The second-order valence-corrected chi connectivity index (χ2v) is 6.38. The van der Waals surface area contributed by atoms with Crippen molar-refractivity contribution in [3.8, 4) is 0 Å². The summed E-state index contributed by atoms with van der Waals surface area (Å²) in [4.78, 5) is 28.2. The van der Waals surface area contributed by atoms with Crippen LogP contribution in [0, 0.1) is 11.7 Å². The van der Waals surface area contributed by atoms with Crippen LogP contribution in [0.25, 0.3) is 0 Å². The number of hydrogen-bond donors (Lipinski definition) is 2. The molecule has 2 rings (SSSR count). The summed E-state index contributed by atoms with van der Waals surface area (Å²) in [5.41, 5.74) is 7.14. The maximum atomic E-state index is 13.0. The Bertz CT molecular complexity index is 745. The molecule has 0 bridgehead atoms. The highest BCUT2D eigenvalue weighted by Crippen LogP contribution is 2.10. The van der Waals surface area contributed by atoms with Gasteiger partial charge >= 0.3 is 0 Å². The van der Waals surface area contributed by atoms with Crippen LogP contribution in [0.4, 0.5) is 4.39 Å². The van der Waals surface area contributed by atoms with Gasteiger partial charge in [-0.15, -0.1) is 0 Å². The third kappa shape index (κ3) is 5.67. The second kappa shape index (κ2) is 8.37. The number of nitrogens with two attached hydrogens (primary N) is 1. The lowest BCUT2D eigenvalue weighted by atomic mass is 10.0. The largest absolute Gasteiger partial charge is 0.368 e. The normalized spacial score (nSPS) is 12.0. The minimum atomic E-state index is -0.727. The molecule has 1 aromatic heterocycles. The molecule has 0 saturated heterocycles. The van der Waals surface area contributed by atoms with Crippen LogP contribution in [0.3, 0.4) is 0 Å². The van der Waals surface area contributed by atoms with E-state index in [-0.39, 0.29) is 17.4 Å². The summed E-state index contributed by atoms with van der Waals surface area (Å²) in [5.74, 6) is -1.09. The summed E-state index contributed by atoms with van der Waals surface area (Å²) >= 11 is 0. The number of primary amides is 1. The molecular formula is C19H22FN3O2. The average molecular weight is 343 g/mol. The zero-order valence-electron chi connectivity index (χ0n) is 14.3. The molecule has 5 nitrogen and oxygen atoms in total. The van der Waals surface area contributed by atoms with Gasteiger partial charge in [0.05, 0.1) is 0 Å². The van der Waals surface area contributed by atoms with Gasteiger partial charge < -0.3 is 11.1 Å². The van der Waals surface area contributed by atoms with Gasteiger partial charge in [0.25, 0.3) is 5.91 Å². The van der Waals surface area contributed by atoms with E-state index in [1.54, 1.807) is 30.3 Å². The van der Waals surface area contributed by atoms with Crippen LogP contribution in [-0.2, 0) is 11.2 Å². The highest BCUT2D eigenvalue weighted by molar-refractivity contribution is 5.95. The van der Waals surface area contributed by atoms with Gasteiger partial charge in [0.15, 0.2) is 0 Å². The highest BCUT2D eigenvalue weighted by Gasteiger charge is 2.20. The lowest BCUT2D eigenvalue weighted by molar-refractivity contribution is -0.120. The standard InChI is InChI=1S/C19H22FN3O2/c1-12(2)10-17(18(21)24)23-19(25)16-5-3-4-15(22-16)11-13-6-8-14(20)9-7-13/h3-9,12,17H,10-11H2,1-2H3,(H2,21,24)(H,23,25)/t17-/m0/s1. The SMILES string of the molecule is CC(C)C[C@H](NC(=O)c1cccc(Cc2ccc(F)cc2)n1)C(N)=O. The topological polar surface area (TPSA) is 85.1 Å². The number of hydrogen-bond acceptors (Lipinski definition) is 3. The fourth-order valence-corrected chi connectivity index (χ4v) is 2.47. The molecule has 0 aliphatic rings. The minimum absolute atomic E-state index is 0.217. The van der Waals surface area contributed by atoms with E-state index in [1.165, 1.54) is 12.1 Å². The molecule has 1 aromatic carbocycles. The van der Waals surface area contributed by atoms with Crippen molar-refractivity contribution >= 4 is 11.8 Å². The van der Waals surface area contributed by atoms with Crippen molar-refractivity contribution in [2.45, 2.75) is 32.7 Å². The zero-order valence-corrected chi connectivity index (χ0v) is 14.3. The molecule has 0 unspecified atom stereocenters. The molecule has 0 fully saturated rings. The first-order chi connectivity index (χ1) is 11.8. The molecule has 0 saturated carbocycles. The number of carbonyl (C=O) groups excluding carboxylic acids is 2. The van der Waals surface area contributed by atoms with E-state index in [1.807, 2.05) is 13.8 Å². The maximum absolute atomic E-state index is 13.0. The van der Waals surface area contributed by atoms with Gasteiger partial charge in [0, 0.05) is 12.1 Å². The van der Waals surface area contributed by atoms with E-state index in [0.717, 1.165) is 5.56 Å². The Morgan fingerprint density at radius 2 is 1.84 bits per heavy atom. The number of aromatic nitrogens is 1. The third-order valence-electron chi connectivity index (χ3n) is 3.69. The van der Waals surface area contributed by atoms with Crippen LogP contribution >= 0.6 is 0 Å². The first kappa shape index (κ1) is 18.6. The van der Waals surface area contributed by atoms with Gasteiger partial charge in [0.1, 0.15) is 17.6 Å². The van der Waals surface area contributed by atoms with Crippen molar-refractivity contribution in [3.05, 3.63) is 65.2 Å². The molecule has 3 N–H and O–H groups in total. The summed E-state index contributed by atoms with van der Waals surface area (Å²) < 4.78 is 13.0. The van der Waals surface area contributed by atoms with Gasteiger partial charge in [0.2, 0.25) is 5.91 Å². The molecule has 1 atom stereocenters. The molecule has 132 valence electrons. The van der Waals surface area contributed by atoms with Crippen molar-refractivity contribution in [1.29, 1.82) is 0 Å². The number of rotatable bonds is 7. The lowest BCUT2D eigenvalue weighted by Crippen LogP contribution is -2.45. The number of nitrogens with one attached hydrogen (secondary N) is 1. The van der Waals surface area contributed by atoms with Gasteiger partial charge in [-0.05, 0) is 42.2 Å². The average Bonchev–Trinajstić information content (AvgIpc) is 2.56. The molecule has 0 aliphatic carbocycles. The van der Waals surface area contributed by atoms with Crippen LogP contribution in [0.1, 0.15) is 42.0 Å². The molecular weight excluding hydrogens is 321 g/mol. The van der Waals surface area contributed by atoms with Crippen LogP contribution < -0.4 is 11.1 Å². The van der Waals surface area contributed by atoms with E-state index < -0.39 is 17.9 Å². The van der Waals surface area contributed by atoms with Crippen LogP contribution in [-0.4, -0.2) is 22.8 Å². The summed E-state index contributed by atoms with van der Waals surface area (Å²) in [6.45, 7) is 3.90. The van der Waals surface area contributed by atoms with Crippen molar-refractivity contribution in [3.63, 3.8) is 0 Å². The predicted molar refractivity (Wildman–Crippen MR) is 93.3 cm³/mol. The van der Waals surface area contributed by atoms with Crippen molar-refractivity contribution in [2.75, 3.05) is 0 Å². The van der Waals surface area contributed by atoms with E-state index in [4.69, 9.17) is 5.73 Å². The molecule has 0 radical (unpaired) electrons. The van der Waals surface area contributed by atoms with E-state index >= 15 is 0 Å². The summed E-state index contributed by atoms with van der Waals surface area (Å²) in [6, 6.07) is 10.5. The Kier molecular flexibility index (Phi) is 6.22. The van der Waals surface area contributed by atoms with Gasteiger partial charge in [-0.25, -0.2) is 9.37 Å². The monoisotopic (exact) mass is 343 g/mol. The Labute approximate surface area is 146 Å². The first-order valence-electron chi connectivity index (χ1n) is 8.15. The fourth-order valence-electron chi connectivity index (χ4n) is 2.47. The van der Waals surface area contributed by atoms with E-state index in [0.29, 0.717) is 18.5 Å². The van der Waals surface area contributed by atoms with Crippen LogP contribution in [0.5, 0.6) is 0 Å². The number of nitrogens with zero attached hydrogens (tertiary/aromatic N) is 1. The minimum Gasteiger partial charge on any atom is -0.368 e. The second-order valence-electron chi connectivity index (χ2n) is 6.38. The Morgan fingerprint density at radius 3 is 2.44 bits per heavy atom. The Balaban J connectivity index is 2.10. The summed E-state index contributed by atoms with van der Waals surface area (Å²) in [5, 5.41) is 2.64. The fraction of sp³-hybridized carbons (Fsp3) is 0.316. The van der Waals surface area contributed by atoms with Gasteiger partial charge in [-0.1, -0.05) is 32.0 Å². The lowest BCUT2D eigenvalue weighted by Gasteiger charge is -2.17. The number of pyridine rings is 1. The Morgan fingerprint density at radius 1 is 1.16 bits per heavy atom. The molecule has 25 heavy (non-hydrogen) atoms. The third-order valence-corrected chi connectivity index (χ3v) is 3.69.